The van der Waals surface area contributed by atoms with Gasteiger partial charge in [-0.25, -0.2) is 29.9 Å². The number of furan rings is 2. The number of primary amides is 12. The van der Waals surface area contributed by atoms with E-state index >= 15 is 0 Å². The Morgan fingerprint density at radius 2 is 0.981 bits per heavy atom. The summed E-state index contributed by atoms with van der Waals surface area (Å²) in [5.41, 5.74) is 65.2. The van der Waals surface area contributed by atoms with Crippen LogP contribution in [-0.2, 0) is 0 Å². The summed E-state index contributed by atoms with van der Waals surface area (Å²) in [7, 11) is 0. The number of aromatic amines is 4. The first kappa shape index (κ1) is 92.3. The average Bonchev–Trinajstić information content (AvgIpc) is 1.96. The van der Waals surface area contributed by atoms with Crippen LogP contribution < -0.4 is 68.8 Å². The van der Waals surface area contributed by atoms with E-state index in [-0.39, 0.29) is 40.8 Å². The molecule has 0 saturated carbocycles. The van der Waals surface area contributed by atoms with Gasteiger partial charge in [0.05, 0.1) is 45.8 Å². The van der Waals surface area contributed by atoms with E-state index in [9.17, 15) is 57.5 Å². The van der Waals surface area contributed by atoms with Crippen LogP contribution in [0.4, 0.5) is 0 Å². The number of carbonyl (C=O) groups excluding carboxylic acids is 12. The van der Waals surface area contributed by atoms with Crippen molar-refractivity contribution in [2.45, 2.75) is 83.1 Å². The van der Waals surface area contributed by atoms with Crippen LogP contribution in [0, 0.1) is 83.1 Å². The second-order valence-corrected chi connectivity index (χ2v) is 25.8. The summed E-state index contributed by atoms with van der Waals surface area (Å²) < 4.78 is 19.1. The molecule has 12 aromatic rings. The van der Waals surface area contributed by atoms with Crippen LogP contribution in [0.2, 0.25) is 0 Å². The number of aromatic nitrogens is 10. The van der Waals surface area contributed by atoms with E-state index in [1.165, 1.54) is 76.4 Å². The highest BCUT2D eigenvalue weighted by Gasteiger charge is 2.10. The smallest absolute Gasteiger partial charge is 0.304 e. The van der Waals surface area contributed by atoms with Gasteiger partial charge >= 0.3 is 5.91 Å². The number of rotatable bonds is 12. The first-order chi connectivity index (χ1) is 50.4. The van der Waals surface area contributed by atoms with E-state index in [0.717, 1.165) is 42.8 Å². The number of imidazole rings is 2. The van der Waals surface area contributed by atoms with Crippen LogP contribution in [0.5, 0.6) is 0 Å². The van der Waals surface area contributed by atoms with Gasteiger partial charge in [-0.2, -0.15) is 0 Å². The predicted molar refractivity (Wildman–Crippen MR) is 401 cm³/mol. The zero-order valence-electron chi connectivity index (χ0n) is 60.2. The largest absolute Gasteiger partial charge is 0.459 e. The van der Waals surface area contributed by atoms with Gasteiger partial charge in [0.25, 0.3) is 70.9 Å². The lowest BCUT2D eigenvalue weighted by Crippen LogP contribution is -2.12. The molecule has 38 nitrogen and oxygen atoms in total. The van der Waals surface area contributed by atoms with Gasteiger partial charge in [-0.05, 0) is 153 Å². The third kappa shape index (κ3) is 38.0. The van der Waals surface area contributed by atoms with Crippen molar-refractivity contribution in [2.24, 2.45) is 68.8 Å². The maximum atomic E-state index is 10.4. The first-order valence-corrected chi connectivity index (χ1v) is 33.6. The fourth-order valence-electron chi connectivity index (χ4n) is 6.52. The van der Waals surface area contributed by atoms with Gasteiger partial charge in [-0.15, -0.1) is 45.3 Å². The van der Waals surface area contributed by atoms with E-state index < -0.39 is 59.1 Å². The van der Waals surface area contributed by atoms with Crippen molar-refractivity contribution in [1.29, 1.82) is 0 Å². The van der Waals surface area contributed by atoms with Crippen molar-refractivity contribution in [1.82, 2.24) is 49.8 Å². The molecule has 0 atom stereocenters. The number of thiazole rings is 2. The number of hydrogen-bond donors (Lipinski definition) is 16. The molecule has 0 radical (unpaired) electrons. The summed E-state index contributed by atoms with van der Waals surface area (Å²) in [6, 6.07) is 15.4. The van der Waals surface area contributed by atoms with E-state index in [2.05, 4.69) is 49.8 Å². The van der Waals surface area contributed by atoms with Gasteiger partial charge in [0.1, 0.15) is 39.3 Å². The quantitative estimate of drug-likeness (QED) is 0.0725. The highest BCUT2D eigenvalue weighted by molar-refractivity contribution is 7.14. The van der Waals surface area contributed by atoms with Crippen LogP contribution in [-0.4, -0.2) is 121 Å². The third-order valence-corrected chi connectivity index (χ3v) is 15.3. The lowest BCUT2D eigenvalue weighted by atomic mass is 10.3. The second kappa shape index (κ2) is 46.8. The van der Waals surface area contributed by atoms with Crippen molar-refractivity contribution >= 4 is 116 Å². The summed E-state index contributed by atoms with van der Waals surface area (Å²) in [4.78, 5) is 162. The maximum Gasteiger partial charge on any atom is 0.304 e. The highest BCUT2D eigenvalue weighted by atomic mass is 32.1. The third-order valence-electron chi connectivity index (χ3n) is 11.4. The van der Waals surface area contributed by atoms with Crippen molar-refractivity contribution < 1.29 is 75.2 Å². The lowest BCUT2D eigenvalue weighted by molar-refractivity contribution is 0.0959. The van der Waals surface area contributed by atoms with Gasteiger partial charge in [-0.1, -0.05) is 0 Å². The van der Waals surface area contributed by atoms with Crippen LogP contribution in [0.1, 0.15) is 189 Å². The van der Waals surface area contributed by atoms with Gasteiger partial charge in [0.2, 0.25) is 5.76 Å². The molecule has 12 amide bonds. The Bertz CT molecular complexity index is 3830. The van der Waals surface area contributed by atoms with E-state index in [1.807, 2.05) is 59.9 Å². The van der Waals surface area contributed by atoms with E-state index in [4.69, 9.17) is 86.5 Å². The number of nitrogens with zero attached hydrogens (tertiary/aromatic N) is 6. The van der Waals surface area contributed by atoms with E-state index in [1.54, 1.807) is 102 Å². The Morgan fingerprint density at radius 3 is 1.20 bits per heavy atom. The minimum absolute atomic E-state index is 0.0347. The molecule has 12 heterocycles. The summed E-state index contributed by atoms with van der Waals surface area (Å²) in [5.74, 6) is -2.49. The number of nitrogens with one attached hydrogen (secondary N) is 4. The fraction of sp³-hybridized carbons (Fsp3) is 0.182. The van der Waals surface area contributed by atoms with E-state index in [0.29, 0.717) is 60.0 Å². The normalized spacial score (nSPS) is 9.44. The molecule has 0 aliphatic carbocycles. The van der Waals surface area contributed by atoms with Crippen LogP contribution in [0.15, 0.2) is 127 Å². The standard InChI is InChI=1S/2C6H8N2O.2C6H7NO2.2C6H7NOS.2C5H7N3O.2C5H6N2O2.2C5H6N2OS/c1-4-2-5(6(7)9)8-3-4;1-4-2-3-5(8-4)6(7)9;1-4-2-5(6(7)8)9-3-4;1-4-2-3-5(9-4)6(7)8;1-4-2-5(6(7)8)9-3-4;1-4-2-3-5(9-4)6(7)8;1-3-7-2-4(8-3)5(6)9;1-3-2-7-5(8-3)4(6)9;1-3-7-2-4(9-3)5(6)8;1-3-2-7-5(9-3)4(6)8;1-3-7-2-4(9-3)5(6)8;1-3-2-7-5(9-3)4(6)8/h2*2-3,8H,1H3,(H2,7,9);4*2-3H,1H3,(H2,7,8);2*2H,1H3,(H2,6,9)(H,7,8);4*2H,1H3,(H2,6,8). The highest BCUT2D eigenvalue weighted by Crippen LogP contribution is 2.15. The van der Waals surface area contributed by atoms with Gasteiger partial charge in [0.15, 0.2) is 28.2 Å². The molecule has 28 N–H and O–H groups in total. The van der Waals surface area contributed by atoms with Gasteiger partial charge in [0, 0.05) is 46.7 Å². The maximum absolute atomic E-state index is 10.4. The monoisotopic (exact) mass is 1570 g/mol. The molecule has 0 aliphatic heterocycles. The zero-order chi connectivity index (χ0) is 82.2. The molecule has 0 unspecified atom stereocenters. The van der Waals surface area contributed by atoms with Gasteiger partial charge in [-0.3, -0.25) is 57.5 Å². The van der Waals surface area contributed by atoms with Crippen molar-refractivity contribution in [2.75, 3.05) is 0 Å². The minimum atomic E-state index is -0.636. The van der Waals surface area contributed by atoms with Crippen molar-refractivity contribution in [3.05, 3.63) is 241 Å². The molecule has 0 spiro atoms. The number of thiophene rings is 2. The predicted octanol–water partition coefficient (Wildman–Crippen LogP) is 5.43. The number of aryl methyl sites for hydroxylation is 12. The zero-order valence-corrected chi connectivity index (χ0v) is 63.4. The number of hydrogen-bond acceptors (Lipinski definition) is 26. The number of oxazole rings is 2. The molecule has 0 bridgehead atoms. The second-order valence-electron chi connectivity index (χ2n) is 21.2. The van der Waals surface area contributed by atoms with Crippen LogP contribution >= 0.6 is 45.3 Å². The molecule has 42 heteroatoms. The Balaban J connectivity index is 0.000000589. The molecule has 576 valence electrons. The fourth-order valence-corrected chi connectivity index (χ4v) is 9.24. The molecule has 0 saturated heterocycles. The molecule has 12 aromatic heterocycles. The van der Waals surface area contributed by atoms with Crippen LogP contribution in [0.3, 0.4) is 0 Å². The summed E-state index contributed by atoms with van der Waals surface area (Å²) in [6.45, 7) is 21.8. The molecular weight excluding hydrogens is 1490 g/mol. The molecule has 12 rings (SSSR count). The lowest BCUT2D eigenvalue weighted by Gasteiger charge is -1.84. The molecule has 108 heavy (non-hydrogen) atoms. The minimum Gasteiger partial charge on any atom is -0.459 e. The topological polar surface area (TPSA) is 710 Å². The average molecular weight is 1570 g/mol. The molecule has 0 fully saturated rings. The molecule has 0 aliphatic rings. The number of nitrogens with two attached hydrogens (primary N) is 12. The number of carbonyl (C=O) groups is 12. The Morgan fingerprint density at radius 1 is 0.370 bits per heavy atom. The van der Waals surface area contributed by atoms with Crippen molar-refractivity contribution in [3.8, 4) is 0 Å². The van der Waals surface area contributed by atoms with Gasteiger partial charge < -0.3 is 106 Å². The van der Waals surface area contributed by atoms with Crippen LogP contribution in [0.25, 0.3) is 0 Å². The Hall–Kier alpha value is -13.7. The van der Waals surface area contributed by atoms with Crippen molar-refractivity contribution in [3.63, 3.8) is 0 Å². The SMILES string of the molecule is Cc1c[nH]c(C(N)=O)c1.Cc1ccc(C(N)=O)[nH]1.Cc1ccc(C(N)=O)o1.Cc1ccc(C(N)=O)s1.Cc1cnc(C(N)=O)[nH]1.Cc1cnc(C(N)=O)o1.Cc1cnc(C(N)=O)s1.Cc1coc(C(N)=O)c1.Cc1csc(C(N)=O)c1.Cc1ncc(C(N)=O)[nH]1.Cc1ncc(C(N)=O)o1.Cc1ncc(C(N)=O)s1. The Kier molecular flexibility index (Phi) is 40.0. The molecular formula is C66H82N22O16S4. The summed E-state index contributed by atoms with van der Waals surface area (Å²) in [5, 5.41) is 3.15. The first-order valence-electron chi connectivity index (χ1n) is 30.2. The number of amides is 12. The summed E-state index contributed by atoms with van der Waals surface area (Å²) >= 11 is 5.42. The summed E-state index contributed by atoms with van der Waals surface area (Å²) in [6.07, 6.45) is 12.1. The molecule has 0 aromatic carbocycles. The number of H-pyrrole nitrogens is 4. The Labute approximate surface area is 631 Å².